The molecule has 1 saturated heterocycles. The van der Waals surface area contributed by atoms with E-state index in [1.807, 2.05) is 30.3 Å². The van der Waals surface area contributed by atoms with E-state index in [0.717, 1.165) is 31.9 Å². The highest BCUT2D eigenvalue weighted by molar-refractivity contribution is 5.66. The summed E-state index contributed by atoms with van der Waals surface area (Å²) in [6, 6.07) is 15.2. The zero-order valence-corrected chi connectivity index (χ0v) is 16.9. The van der Waals surface area contributed by atoms with Crippen LogP contribution in [0.15, 0.2) is 67.4 Å². The quantitative estimate of drug-likeness (QED) is 0.540. The fraction of sp³-hybridized carbons (Fsp3) is 0.304. The molecule has 0 aliphatic carbocycles. The second-order valence-corrected chi connectivity index (χ2v) is 7.96. The van der Waals surface area contributed by atoms with Crippen molar-refractivity contribution in [3.63, 3.8) is 0 Å². The van der Waals surface area contributed by atoms with Gasteiger partial charge in [0.15, 0.2) is 0 Å². The van der Waals surface area contributed by atoms with E-state index in [1.54, 1.807) is 0 Å². The van der Waals surface area contributed by atoms with Gasteiger partial charge in [-0.1, -0.05) is 36.4 Å². The van der Waals surface area contributed by atoms with Crippen molar-refractivity contribution in [3.05, 3.63) is 78.6 Å². The highest BCUT2D eigenvalue weighted by atomic mass is 15.3. The van der Waals surface area contributed by atoms with Crippen molar-refractivity contribution in [2.75, 3.05) is 26.7 Å². The summed E-state index contributed by atoms with van der Waals surface area (Å²) in [5.74, 6) is 0. The third-order valence-electron chi connectivity index (χ3n) is 5.88. The molecule has 4 heterocycles. The van der Waals surface area contributed by atoms with E-state index in [1.165, 1.54) is 22.2 Å². The number of fused-ring (bicyclic) bond motifs is 1. The van der Waals surface area contributed by atoms with E-state index >= 15 is 0 Å². The molecular formula is C23H26N6. The van der Waals surface area contributed by atoms with Gasteiger partial charge in [0, 0.05) is 51.2 Å². The minimum atomic E-state index is 0.285. The Kier molecular flexibility index (Phi) is 4.66. The van der Waals surface area contributed by atoms with Gasteiger partial charge in [-0.05, 0) is 24.2 Å². The summed E-state index contributed by atoms with van der Waals surface area (Å²) in [7, 11) is 4.17. The lowest BCUT2D eigenvalue weighted by Gasteiger charge is -2.38. The predicted molar refractivity (Wildman–Crippen MR) is 114 cm³/mol. The highest BCUT2D eigenvalue weighted by Crippen LogP contribution is 2.29. The molecule has 148 valence electrons. The summed E-state index contributed by atoms with van der Waals surface area (Å²) in [5.41, 5.74) is 6.03. The number of likely N-dealkylation sites (N-methyl/N-ethyl adjacent to an activating group) is 1. The Hall–Kier alpha value is -2.96. The minimum absolute atomic E-state index is 0.285. The first-order valence-electron chi connectivity index (χ1n) is 10.1. The predicted octanol–water partition coefficient (Wildman–Crippen LogP) is 3.22. The molecule has 0 bridgehead atoms. The van der Waals surface area contributed by atoms with Gasteiger partial charge in [0.2, 0.25) is 0 Å². The van der Waals surface area contributed by atoms with Crippen molar-refractivity contribution in [1.29, 1.82) is 0 Å². The van der Waals surface area contributed by atoms with Crippen LogP contribution in [0.3, 0.4) is 0 Å². The molecule has 1 atom stereocenters. The van der Waals surface area contributed by atoms with Gasteiger partial charge >= 0.3 is 0 Å². The first-order valence-corrected chi connectivity index (χ1v) is 10.1. The maximum atomic E-state index is 4.83. The number of hydrogen-bond acceptors (Lipinski definition) is 4. The Morgan fingerprint density at radius 3 is 2.62 bits per heavy atom. The van der Waals surface area contributed by atoms with Crippen molar-refractivity contribution in [2.24, 2.45) is 7.05 Å². The maximum Gasteiger partial charge on any atom is 0.0996 e. The Morgan fingerprint density at radius 2 is 1.83 bits per heavy atom. The normalized spacial score (nSPS) is 18.5. The average Bonchev–Trinajstić information content (AvgIpc) is 3.35. The highest BCUT2D eigenvalue weighted by Gasteiger charge is 2.28. The van der Waals surface area contributed by atoms with Gasteiger partial charge in [0.1, 0.15) is 0 Å². The minimum Gasteiger partial charge on any atom is -0.305 e. The summed E-state index contributed by atoms with van der Waals surface area (Å²) in [4.78, 5) is 9.76. The molecule has 29 heavy (non-hydrogen) atoms. The van der Waals surface area contributed by atoms with E-state index in [2.05, 4.69) is 75.1 Å². The zero-order valence-electron chi connectivity index (χ0n) is 16.9. The number of aromatic nitrogens is 4. The van der Waals surface area contributed by atoms with E-state index in [9.17, 15) is 0 Å². The van der Waals surface area contributed by atoms with Crippen LogP contribution in [0.5, 0.6) is 0 Å². The molecule has 5 rings (SSSR count). The molecule has 0 unspecified atom stereocenters. The fourth-order valence-corrected chi connectivity index (χ4v) is 4.26. The summed E-state index contributed by atoms with van der Waals surface area (Å²) >= 11 is 0. The molecule has 6 nitrogen and oxygen atoms in total. The van der Waals surface area contributed by atoms with Gasteiger partial charge in [0.25, 0.3) is 0 Å². The molecule has 0 N–H and O–H groups in total. The summed E-state index contributed by atoms with van der Waals surface area (Å²) < 4.78 is 4.03. The number of rotatable bonds is 4. The van der Waals surface area contributed by atoms with Crippen molar-refractivity contribution in [1.82, 2.24) is 29.0 Å². The lowest BCUT2D eigenvalue weighted by atomic mass is 10.1. The number of imidazole rings is 1. The lowest BCUT2D eigenvalue weighted by Crippen LogP contribution is -2.46. The lowest BCUT2D eigenvalue weighted by molar-refractivity contribution is 0.0892. The molecule has 1 aromatic carbocycles. The van der Waals surface area contributed by atoms with Crippen LogP contribution in [0.25, 0.3) is 16.6 Å². The van der Waals surface area contributed by atoms with Gasteiger partial charge in [-0.25, -0.2) is 4.98 Å². The largest absolute Gasteiger partial charge is 0.305 e. The monoisotopic (exact) mass is 386 g/mol. The number of nitrogens with zero attached hydrogens (tertiary/aromatic N) is 6. The Bertz CT molecular complexity index is 1110. The Morgan fingerprint density at radius 1 is 0.966 bits per heavy atom. The summed E-state index contributed by atoms with van der Waals surface area (Å²) in [5, 5.41) is 4.30. The van der Waals surface area contributed by atoms with Gasteiger partial charge < -0.3 is 4.40 Å². The molecule has 1 aliphatic heterocycles. The van der Waals surface area contributed by atoms with Crippen LogP contribution in [-0.4, -0.2) is 55.6 Å². The number of piperazine rings is 1. The molecule has 0 amide bonds. The van der Waals surface area contributed by atoms with Crippen LogP contribution in [0.2, 0.25) is 0 Å². The van der Waals surface area contributed by atoms with E-state index in [-0.39, 0.29) is 6.04 Å². The van der Waals surface area contributed by atoms with Crippen LogP contribution in [0.4, 0.5) is 0 Å². The molecular weight excluding hydrogens is 360 g/mol. The van der Waals surface area contributed by atoms with Gasteiger partial charge in [-0.15, -0.1) is 0 Å². The molecule has 1 fully saturated rings. The third kappa shape index (κ3) is 3.57. The topological polar surface area (TPSA) is 41.6 Å². The molecule has 0 spiro atoms. The average molecular weight is 387 g/mol. The van der Waals surface area contributed by atoms with E-state index in [4.69, 9.17) is 4.98 Å². The van der Waals surface area contributed by atoms with Crippen LogP contribution < -0.4 is 0 Å². The third-order valence-corrected chi connectivity index (χ3v) is 5.88. The van der Waals surface area contributed by atoms with Gasteiger partial charge in [0.05, 0.1) is 29.8 Å². The van der Waals surface area contributed by atoms with Gasteiger partial charge in [-0.3, -0.25) is 14.5 Å². The van der Waals surface area contributed by atoms with Crippen molar-refractivity contribution < 1.29 is 0 Å². The summed E-state index contributed by atoms with van der Waals surface area (Å²) in [6.45, 7) is 4.00. The number of aryl methyl sites for hydroxylation is 1. The molecule has 0 radical (unpaired) electrons. The second kappa shape index (κ2) is 7.46. The Labute approximate surface area is 171 Å². The van der Waals surface area contributed by atoms with Crippen molar-refractivity contribution in [2.45, 2.75) is 12.6 Å². The Balaban J connectivity index is 1.41. The number of hydrogen-bond donors (Lipinski definition) is 0. The fourth-order valence-electron chi connectivity index (χ4n) is 4.26. The number of pyridine rings is 1. The summed E-state index contributed by atoms with van der Waals surface area (Å²) in [6.07, 6.45) is 8.19. The van der Waals surface area contributed by atoms with Crippen LogP contribution >= 0.6 is 0 Å². The standard InChI is InChI=1S/C23H26N6/c1-26-10-11-28(14-18-12-25-27(2)13-18)16-22(26)23-21-9-8-20(15-29(21)17-24-23)19-6-4-3-5-7-19/h3-9,12-13,15,17,22H,10-11,14,16H2,1-2H3/t22-/m0/s1. The first kappa shape index (κ1) is 18.1. The molecule has 6 heteroatoms. The molecule has 1 aliphatic rings. The molecule has 0 saturated carbocycles. The maximum absolute atomic E-state index is 4.83. The SMILES string of the molecule is CN1CCN(Cc2cnn(C)c2)C[C@H]1c1ncn2cc(-c3ccccc3)ccc12. The van der Waals surface area contributed by atoms with E-state index in [0.29, 0.717) is 0 Å². The van der Waals surface area contributed by atoms with E-state index < -0.39 is 0 Å². The number of benzene rings is 1. The van der Waals surface area contributed by atoms with Crippen LogP contribution in [0, 0.1) is 0 Å². The van der Waals surface area contributed by atoms with Crippen LogP contribution in [-0.2, 0) is 13.6 Å². The second-order valence-electron chi connectivity index (χ2n) is 7.96. The first-order chi connectivity index (χ1) is 14.2. The molecule has 4 aromatic rings. The molecule has 3 aromatic heterocycles. The zero-order chi connectivity index (χ0) is 19.8. The van der Waals surface area contributed by atoms with Crippen molar-refractivity contribution in [3.8, 4) is 11.1 Å². The van der Waals surface area contributed by atoms with Crippen LogP contribution in [0.1, 0.15) is 17.3 Å². The van der Waals surface area contributed by atoms with Crippen molar-refractivity contribution >= 4 is 5.52 Å². The van der Waals surface area contributed by atoms with Gasteiger partial charge in [-0.2, -0.15) is 5.10 Å². The smallest absolute Gasteiger partial charge is 0.0996 e.